The van der Waals surface area contributed by atoms with E-state index in [0.717, 1.165) is 39.1 Å². The van der Waals surface area contributed by atoms with Crippen molar-refractivity contribution < 1.29 is 9.59 Å². The fourth-order valence-electron chi connectivity index (χ4n) is 4.82. The minimum absolute atomic E-state index is 0.0577. The molecule has 0 unspecified atom stereocenters. The van der Waals surface area contributed by atoms with Crippen LogP contribution in [0.15, 0.2) is 24.4 Å². The number of pyridine rings is 1. The highest BCUT2D eigenvalue weighted by Gasteiger charge is 2.55. The molecule has 3 aliphatic heterocycles. The van der Waals surface area contributed by atoms with Gasteiger partial charge in [-0.25, -0.2) is 0 Å². The quantitative estimate of drug-likeness (QED) is 0.820. The van der Waals surface area contributed by atoms with E-state index in [2.05, 4.69) is 16.8 Å². The molecule has 0 aromatic carbocycles. The number of hydrogen-bond donors (Lipinski definition) is 0. The van der Waals surface area contributed by atoms with Crippen LogP contribution >= 0.6 is 0 Å². The standard InChI is InChI=1S/C20H28N4O2/c1-16-14-24(18(25)17-6-2-3-8-21-17)15-20(16)7-11-23(19(20)26)13-12-22-9-4-5-10-22/h2-3,6,8,16H,4-5,7,9-15H2,1H3/t16-,20-/m1/s1. The van der Waals surface area contributed by atoms with E-state index in [-0.39, 0.29) is 17.7 Å². The monoisotopic (exact) mass is 356 g/mol. The van der Waals surface area contributed by atoms with Crippen molar-refractivity contribution in [3.8, 4) is 0 Å². The van der Waals surface area contributed by atoms with Gasteiger partial charge in [-0.05, 0) is 50.4 Å². The molecule has 3 aliphatic rings. The Labute approximate surface area is 155 Å². The molecule has 2 amide bonds. The van der Waals surface area contributed by atoms with Crippen LogP contribution in [-0.4, -0.2) is 77.3 Å². The second-order valence-electron chi connectivity index (χ2n) is 8.05. The number of likely N-dealkylation sites (tertiary alicyclic amines) is 3. The maximum Gasteiger partial charge on any atom is 0.272 e. The zero-order chi connectivity index (χ0) is 18.1. The molecule has 0 saturated carbocycles. The maximum atomic E-state index is 13.2. The van der Waals surface area contributed by atoms with Crippen LogP contribution in [0.1, 0.15) is 36.7 Å². The van der Waals surface area contributed by atoms with Crippen molar-refractivity contribution in [3.05, 3.63) is 30.1 Å². The summed E-state index contributed by atoms with van der Waals surface area (Å²) < 4.78 is 0. The Balaban J connectivity index is 1.41. The largest absolute Gasteiger partial charge is 0.341 e. The van der Waals surface area contributed by atoms with Gasteiger partial charge in [-0.1, -0.05) is 13.0 Å². The average Bonchev–Trinajstić information content (AvgIpc) is 3.37. The van der Waals surface area contributed by atoms with E-state index in [4.69, 9.17) is 0 Å². The highest BCUT2D eigenvalue weighted by molar-refractivity contribution is 5.94. The summed E-state index contributed by atoms with van der Waals surface area (Å²) in [4.78, 5) is 36.4. The number of aromatic nitrogens is 1. The molecule has 26 heavy (non-hydrogen) atoms. The Kier molecular flexibility index (Phi) is 4.69. The summed E-state index contributed by atoms with van der Waals surface area (Å²) in [6.45, 7) is 8.24. The third-order valence-electron chi connectivity index (χ3n) is 6.51. The first kappa shape index (κ1) is 17.5. The summed E-state index contributed by atoms with van der Waals surface area (Å²) in [5, 5.41) is 0. The highest BCUT2D eigenvalue weighted by atomic mass is 16.2. The van der Waals surface area contributed by atoms with Gasteiger partial charge in [0.15, 0.2) is 0 Å². The van der Waals surface area contributed by atoms with Gasteiger partial charge < -0.3 is 14.7 Å². The van der Waals surface area contributed by atoms with Crippen molar-refractivity contribution in [1.82, 2.24) is 19.7 Å². The van der Waals surface area contributed by atoms with E-state index in [9.17, 15) is 9.59 Å². The number of hydrogen-bond acceptors (Lipinski definition) is 4. The summed E-state index contributed by atoms with van der Waals surface area (Å²) in [7, 11) is 0. The molecule has 3 saturated heterocycles. The SMILES string of the molecule is C[C@@H]1CN(C(=O)c2ccccn2)C[C@]12CCN(CCN1CCCC1)C2=O. The van der Waals surface area contributed by atoms with E-state index in [0.29, 0.717) is 18.8 Å². The van der Waals surface area contributed by atoms with Gasteiger partial charge in [0.2, 0.25) is 5.91 Å². The lowest BCUT2D eigenvalue weighted by atomic mass is 9.78. The molecule has 4 heterocycles. The highest BCUT2D eigenvalue weighted by Crippen LogP contribution is 2.44. The molecule has 4 rings (SSSR count). The number of nitrogens with zero attached hydrogens (tertiary/aromatic N) is 4. The lowest BCUT2D eigenvalue weighted by molar-refractivity contribution is -0.137. The van der Waals surface area contributed by atoms with E-state index >= 15 is 0 Å². The fourth-order valence-corrected chi connectivity index (χ4v) is 4.82. The molecule has 2 atom stereocenters. The molecule has 140 valence electrons. The smallest absolute Gasteiger partial charge is 0.272 e. The summed E-state index contributed by atoms with van der Waals surface area (Å²) >= 11 is 0. The molecular weight excluding hydrogens is 328 g/mol. The van der Waals surface area contributed by atoms with Gasteiger partial charge in [-0.15, -0.1) is 0 Å². The summed E-state index contributed by atoms with van der Waals surface area (Å²) in [6.07, 6.45) is 5.06. The van der Waals surface area contributed by atoms with Gasteiger partial charge in [-0.3, -0.25) is 14.6 Å². The maximum absolute atomic E-state index is 13.2. The summed E-state index contributed by atoms with van der Waals surface area (Å²) in [5.41, 5.74) is 0.0724. The molecule has 0 aliphatic carbocycles. The molecule has 6 heteroatoms. The van der Waals surface area contributed by atoms with Crippen LogP contribution in [0.3, 0.4) is 0 Å². The van der Waals surface area contributed by atoms with Crippen molar-refractivity contribution in [2.75, 3.05) is 45.8 Å². The van der Waals surface area contributed by atoms with Crippen LogP contribution < -0.4 is 0 Å². The number of rotatable bonds is 4. The zero-order valence-corrected chi connectivity index (χ0v) is 15.6. The Morgan fingerprint density at radius 3 is 2.77 bits per heavy atom. The Bertz CT molecular complexity index is 674. The molecule has 1 aromatic rings. The molecule has 0 N–H and O–H groups in total. The minimum atomic E-state index is -0.393. The van der Waals surface area contributed by atoms with Gasteiger partial charge in [0.1, 0.15) is 5.69 Å². The lowest BCUT2D eigenvalue weighted by Crippen LogP contribution is -2.42. The van der Waals surface area contributed by atoms with Crippen LogP contribution in [0.2, 0.25) is 0 Å². The first-order valence-electron chi connectivity index (χ1n) is 9.82. The van der Waals surface area contributed by atoms with Crippen LogP contribution in [0.4, 0.5) is 0 Å². The van der Waals surface area contributed by atoms with Gasteiger partial charge in [0.25, 0.3) is 5.91 Å². The fraction of sp³-hybridized carbons (Fsp3) is 0.650. The number of carbonyl (C=O) groups is 2. The first-order valence-corrected chi connectivity index (χ1v) is 9.82. The average molecular weight is 356 g/mol. The van der Waals surface area contributed by atoms with Crippen LogP contribution in [-0.2, 0) is 4.79 Å². The van der Waals surface area contributed by atoms with Crippen molar-refractivity contribution >= 4 is 11.8 Å². The molecular formula is C20H28N4O2. The second kappa shape index (κ2) is 6.99. The molecule has 3 fully saturated rings. The normalized spacial score (nSPS) is 29.3. The number of carbonyl (C=O) groups excluding carboxylic acids is 2. The Hall–Kier alpha value is -1.95. The summed E-state index contributed by atoms with van der Waals surface area (Å²) in [5.74, 6) is 0.387. The number of amides is 2. The van der Waals surface area contributed by atoms with Crippen molar-refractivity contribution in [1.29, 1.82) is 0 Å². The Morgan fingerprint density at radius 2 is 2.04 bits per heavy atom. The molecule has 6 nitrogen and oxygen atoms in total. The van der Waals surface area contributed by atoms with Gasteiger partial charge >= 0.3 is 0 Å². The van der Waals surface area contributed by atoms with Crippen molar-refractivity contribution in [2.45, 2.75) is 26.2 Å². The minimum Gasteiger partial charge on any atom is -0.341 e. The van der Waals surface area contributed by atoms with Gasteiger partial charge in [0.05, 0.1) is 5.41 Å². The van der Waals surface area contributed by atoms with E-state index in [1.54, 1.807) is 12.3 Å². The topological polar surface area (TPSA) is 56.8 Å². The zero-order valence-electron chi connectivity index (χ0n) is 15.6. The van der Waals surface area contributed by atoms with Gasteiger partial charge in [-0.2, -0.15) is 0 Å². The molecule has 0 radical (unpaired) electrons. The summed E-state index contributed by atoms with van der Waals surface area (Å²) in [6, 6.07) is 5.39. The van der Waals surface area contributed by atoms with E-state index in [1.807, 2.05) is 21.9 Å². The third kappa shape index (κ3) is 3.00. The van der Waals surface area contributed by atoms with E-state index in [1.165, 1.54) is 12.8 Å². The van der Waals surface area contributed by atoms with Crippen LogP contribution in [0.5, 0.6) is 0 Å². The predicted octanol–water partition coefficient (Wildman–Crippen LogP) is 1.49. The molecule has 1 spiro atoms. The predicted molar refractivity (Wildman–Crippen MR) is 98.6 cm³/mol. The molecule has 0 bridgehead atoms. The van der Waals surface area contributed by atoms with Crippen LogP contribution in [0.25, 0.3) is 0 Å². The molecule has 1 aromatic heterocycles. The Morgan fingerprint density at radius 1 is 1.23 bits per heavy atom. The first-order chi connectivity index (χ1) is 12.6. The lowest BCUT2D eigenvalue weighted by Gasteiger charge is -2.27. The third-order valence-corrected chi connectivity index (χ3v) is 6.51. The van der Waals surface area contributed by atoms with Crippen molar-refractivity contribution in [3.63, 3.8) is 0 Å². The van der Waals surface area contributed by atoms with Crippen molar-refractivity contribution in [2.24, 2.45) is 11.3 Å². The van der Waals surface area contributed by atoms with E-state index < -0.39 is 5.41 Å². The van der Waals surface area contributed by atoms with Crippen LogP contribution in [0, 0.1) is 11.3 Å². The van der Waals surface area contributed by atoms with Gasteiger partial charge in [0, 0.05) is 38.9 Å². The second-order valence-corrected chi connectivity index (χ2v) is 8.05.